The number of aliphatic carboxylic acids is 1. The summed E-state index contributed by atoms with van der Waals surface area (Å²) in [4.78, 5) is 47.2. The fourth-order valence-corrected chi connectivity index (χ4v) is 3.22. The van der Waals surface area contributed by atoms with Crippen LogP contribution in [0.15, 0.2) is 11.1 Å². The molecule has 1 aliphatic rings. The highest BCUT2D eigenvalue weighted by molar-refractivity contribution is 5.83. The lowest BCUT2D eigenvalue weighted by molar-refractivity contribution is -0.146. The van der Waals surface area contributed by atoms with Crippen molar-refractivity contribution in [2.45, 2.75) is 37.9 Å². The third-order valence-corrected chi connectivity index (χ3v) is 4.36. The first-order chi connectivity index (χ1) is 11.9. The summed E-state index contributed by atoms with van der Waals surface area (Å²) in [6.07, 6.45) is 3.56. The molecule has 0 radical (unpaired) electrons. The molecule has 2 heterocycles. The maximum absolute atomic E-state index is 12.7. The molecule has 6 N–H and O–H groups in total. The molecule has 0 spiro atoms. The van der Waals surface area contributed by atoms with E-state index in [1.807, 2.05) is 0 Å². The smallest absolute Gasteiger partial charge is 0.323 e. The number of nitrogen functional groups attached to an aromatic ring is 1. The van der Waals surface area contributed by atoms with E-state index in [1.165, 1.54) is 15.8 Å². The highest BCUT2D eigenvalue weighted by Gasteiger charge is 2.34. The van der Waals surface area contributed by atoms with Gasteiger partial charge in [-0.3, -0.25) is 19.4 Å². The van der Waals surface area contributed by atoms with E-state index in [0.29, 0.717) is 6.42 Å². The number of aromatic nitrogens is 4. The van der Waals surface area contributed by atoms with E-state index >= 15 is 0 Å². The Morgan fingerprint density at radius 3 is 2.84 bits per heavy atom. The van der Waals surface area contributed by atoms with Crippen molar-refractivity contribution in [3.05, 3.63) is 16.7 Å². The predicted molar refractivity (Wildman–Crippen MR) is 87.5 cm³/mol. The van der Waals surface area contributed by atoms with Crippen LogP contribution in [0.1, 0.15) is 19.3 Å². The van der Waals surface area contributed by atoms with Crippen LogP contribution in [0.5, 0.6) is 0 Å². The second kappa shape index (κ2) is 6.51. The first-order valence-electron chi connectivity index (χ1n) is 7.84. The van der Waals surface area contributed by atoms with Gasteiger partial charge in [0.15, 0.2) is 11.2 Å². The fourth-order valence-electron chi connectivity index (χ4n) is 3.22. The molecule has 2 atom stereocenters. The number of imidazole rings is 1. The van der Waals surface area contributed by atoms with Crippen LogP contribution in [-0.4, -0.2) is 60.0 Å². The lowest BCUT2D eigenvalue weighted by Crippen LogP contribution is -2.50. The Balaban J connectivity index is 1.88. The molecule has 0 saturated heterocycles. The summed E-state index contributed by atoms with van der Waals surface area (Å²) in [5.74, 6) is -1.63. The molecule has 25 heavy (non-hydrogen) atoms. The Morgan fingerprint density at radius 2 is 2.20 bits per heavy atom. The Kier molecular flexibility index (Phi) is 4.40. The number of amides is 1. The zero-order valence-electron chi connectivity index (χ0n) is 13.4. The van der Waals surface area contributed by atoms with Crippen molar-refractivity contribution in [1.82, 2.24) is 24.4 Å². The number of aromatic amines is 1. The molecule has 2 aromatic rings. The summed E-state index contributed by atoms with van der Waals surface area (Å²) in [6.45, 7) is -0.636. The highest BCUT2D eigenvalue weighted by Crippen LogP contribution is 2.23. The van der Waals surface area contributed by atoms with Crippen molar-refractivity contribution in [1.29, 1.82) is 0 Å². The molecule has 0 aliphatic heterocycles. The number of fused-ring (bicyclic) bond motifs is 1. The van der Waals surface area contributed by atoms with Crippen molar-refractivity contribution in [2.75, 3.05) is 12.3 Å². The van der Waals surface area contributed by atoms with Crippen LogP contribution in [0.4, 0.5) is 5.95 Å². The topological polar surface area (TPSA) is 173 Å². The molecule has 1 aliphatic carbocycles. The van der Waals surface area contributed by atoms with E-state index in [0.717, 1.165) is 12.8 Å². The lowest BCUT2D eigenvalue weighted by atomic mass is 10.1. The minimum atomic E-state index is -1.11. The van der Waals surface area contributed by atoms with Crippen LogP contribution in [0, 0.1) is 0 Å². The second-order valence-corrected chi connectivity index (χ2v) is 6.07. The zero-order chi connectivity index (χ0) is 18.1. The maximum Gasteiger partial charge on any atom is 0.323 e. The predicted octanol–water partition coefficient (Wildman–Crippen LogP) is -1.51. The van der Waals surface area contributed by atoms with Gasteiger partial charge >= 0.3 is 5.97 Å². The molecular weight excluding hydrogens is 330 g/mol. The van der Waals surface area contributed by atoms with Crippen molar-refractivity contribution in [3.8, 4) is 0 Å². The molecule has 0 bridgehead atoms. The highest BCUT2D eigenvalue weighted by atomic mass is 16.4. The summed E-state index contributed by atoms with van der Waals surface area (Å²) in [7, 11) is 0. The number of nitrogens with two attached hydrogens (primary N) is 2. The average molecular weight is 349 g/mol. The number of nitrogens with zero attached hydrogens (tertiary/aromatic N) is 4. The Hall–Kier alpha value is -2.95. The van der Waals surface area contributed by atoms with E-state index in [9.17, 15) is 14.4 Å². The third kappa shape index (κ3) is 3.31. The number of hydrogen-bond acceptors (Lipinski definition) is 7. The molecule has 11 nitrogen and oxygen atoms in total. The van der Waals surface area contributed by atoms with E-state index in [2.05, 4.69) is 15.0 Å². The number of nitrogens with one attached hydrogen (secondary N) is 1. The number of anilines is 1. The standard InChI is InChI=1S/C14H19N7O4/c15-7-2-1-3-8(7)21(5-10(23)24)9(22)4-20-6-17-11-12(20)18-14(16)19-13(11)25/h6-8H,1-5,15H2,(H,23,24)(H3,16,18,19,25)/t7-,8-/m0/s1. The summed E-state index contributed by atoms with van der Waals surface area (Å²) in [6, 6.07) is -0.570. The Morgan fingerprint density at radius 1 is 1.44 bits per heavy atom. The summed E-state index contributed by atoms with van der Waals surface area (Å²) in [5.41, 5.74) is 11.3. The molecule has 3 rings (SSSR count). The van der Waals surface area contributed by atoms with Crippen LogP contribution in [0.2, 0.25) is 0 Å². The number of carboxylic acid groups (broad SMARTS) is 1. The van der Waals surface area contributed by atoms with E-state index < -0.39 is 24.0 Å². The first-order valence-corrected chi connectivity index (χ1v) is 7.84. The van der Waals surface area contributed by atoms with Gasteiger partial charge in [-0.2, -0.15) is 4.98 Å². The normalized spacial score (nSPS) is 20.0. The van der Waals surface area contributed by atoms with Crippen molar-refractivity contribution >= 4 is 29.0 Å². The minimum absolute atomic E-state index is 0.0596. The lowest BCUT2D eigenvalue weighted by Gasteiger charge is -2.30. The molecule has 11 heteroatoms. The van der Waals surface area contributed by atoms with Crippen molar-refractivity contribution in [3.63, 3.8) is 0 Å². The van der Waals surface area contributed by atoms with Crippen LogP contribution in [-0.2, 0) is 16.1 Å². The van der Waals surface area contributed by atoms with Gasteiger partial charge < -0.3 is 26.0 Å². The zero-order valence-corrected chi connectivity index (χ0v) is 13.4. The van der Waals surface area contributed by atoms with Crippen molar-refractivity contribution < 1.29 is 14.7 Å². The number of carboxylic acids is 1. The van der Waals surface area contributed by atoms with Gasteiger partial charge in [-0.15, -0.1) is 0 Å². The minimum Gasteiger partial charge on any atom is -0.480 e. The van der Waals surface area contributed by atoms with Crippen LogP contribution >= 0.6 is 0 Å². The fraction of sp³-hybridized carbons (Fsp3) is 0.500. The monoisotopic (exact) mass is 349 g/mol. The van der Waals surface area contributed by atoms with E-state index in [1.54, 1.807) is 0 Å². The van der Waals surface area contributed by atoms with E-state index in [4.69, 9.17) is 16.6 Å². The van der Waals surface area contributed by atoms with Gasteiger partial charge in [0.1, 0.15) is 13.1 Å². The Labute approximate surface area is 141 Å². The molecule has 0 aromatic carbocycles. The van der Waals surface area contributed by atoms with Gasteiger partial charge in [0.05, 0.1) is 6.33 Å². The summed E-state index contributed by atoms with van der Waals surface area (Å²) in [5, 5.41) is 9.12. The first kappa shape index (κ1) is 16.9. The number of H-pyrrole nitrogens is 1. The largest absolute Gasteiger partial charge is 0.480 e. The van der Waals surface area contributed by atoms with Crippen LogP contribution < -0.4 is 17.0 Å². The van der Waals surface area contributed by atoms with E-state index in [-0.39, 0.29) is 35.7 Å². The molecule has 134 valence electrons. The Bertz CT molecular complexity index is 874. The molecule has 1 amide bonds. The maximum atomic E-state index is 12.7. The van der Waals surface area contributed by atoms with Crippen LogP contribution in [0.25, 0.3) is 11.2 Å². The second-order valence-electron chi connectivity index (χ2n) is 6.07. The van der Waals surface area contributed by atoms with Gasteiger partial charge in [0.2, 0.25) is 11.9 Å². The number of carbonyl (C=O) groups excluding carboxylic acids is 1. The molecular formula is C14H19N7O4. The SMILES string of the molecule is Nc1nc2c(ncn2CC(=O)N(CC(=O)O)[C@H]2CCC[C@@H]2N)c(=O)[nH]1. The average Bonchev–Trinajstić information content (AvgIpc) is 3.11. The summed E-state index contributed by atoms with van der Waals surface area (Å²) >= 11 is 0. The molecule has 2 aromatic heterocycles. The third-order valence-electron chi connectivity index (χ3n) is 4.36. The quantitative estimate of drug-likeness (QED) is 0.504. The van der Waals surface area contributed by atoms with Gasteiger partial charge in [-0.1, -0.05) is 0 Å². The molecule has 1 saturated carbocycles. The number of rotatable bonds is 5. The van der Waals surface area contributed by atoms with Gasteiger partial charge in [-0.25, -0.2) is 4.98 Å². The van der Waals surface area contributed by atoms with Crippen molar-refractivity contribution in [2.24, 2.45) is 5.73 Å². The van der Waals surface area contributed by atoms with Crippen LogP contribution in [0.3, 0.4) is 0 Å². The van der Waals surface area contributed by atoms with Gasteiger partial charge in [0, 0.05) is 12.1 Å². The number of carbonyl (C=O) groups is 2. The molecule has 1 fully saturated rings. The summed E-state index contributed by atoms with van der Waals surface area (Å²) < 4.78 is 1.37. The number of hydrogen-bond donors (Lipinski definition) is 4. The van der Waals surface area contributed by atoms with Gasteiger partial charge in [-0.05, 0) is 19.3 Å². The molecule has 0 unspecified atom stereocenters. The van der Waals surface area contributed by atoms with Gasteiger partial charge in [0.25, 0.3) is 5.56 Å².